The van der Waals surface area contributed by atoms with Crippen LogP contribution in [0.2, 0.25) is 0 Å². The SMILES string of the molecule is O=C(Nc1cccc(I)c1)[C@@H]1CCCO1. The highest BCUT2D eigenvalue weighted by Gasteiger charge is 2.23. The molecule has 0 saturated carbocycles. The summed E-state index contributed by atoms with van der Waals surface area (Å²) in [5.41, 5.74) is 0.836. The monoisotopic (exact) mass is 317 g/mol. The van der Waals surface area contributed by atoms with Crippen LogP contribution in [0.3, 0.4) is 0 Å². The second-order valence-corrected chi connectivity index (χ2v) is 4.75. The molecular formula is C11H12INO2. The minimum absolute atomic E-state index is 0.0329. The molecule has 2 rings (SSSR count). The van der Waals surface area contributed by atoms with Crippen molar-refractivity contribution in [3.8, 4) is 0 Å². The van der Waals surface area contributed by atoms with Gasteiger partial charge in [-0.3, -0.25) is 4.79 Å². The predicted molar refractivity (Wildman–Crippen MR) is 66.8 cm³/mol. The van der Waals surface area contributed by atoms with E-state index in [0.29, 0.717) is 6.61 Å². The van der Waals surface area contributed by atoms with Crippen molar-refractivity contribution in [2.45, 2.75) is 18.9 Å². The number of benzene rings is 1. The van der Waals surface area contributed by atoms with Crippen molar-refractivity contribution in [2.75, 3.05) is 11.9 Å². The average molecular weight is 317 g/mol. The molecule has 1 aromatic carbocycles. The average Bonchev–Trinajstić information content (AvgIpc) is 2.70. The highest BCUT2D eigenvalue weighted by Crippen LogP contribution is 2.16. The fourth-order valence-corrected chi connectivity index (χ4v) is 2.12. The van der Waals surface area contributed by atoms with Gasteiger partial charge in [0.15, 0.2) is 0 Å². The van der Waals surface area contributed by atoms with E-state index in [9.17, 15) is 4.79 Å². The van der Waals surface area contributed by atoms with E-state index in [0.717, 1.165) is 22.1 Å². The normalized spacial score (nSPS) is 20.2. The molecular weight excluding hydrogens is 305 g/mol. The largest absolute Gasteiger partial charge is 0.368 e. The molecule has 0 aromatic heterocycles. The number of carbonyl (C=O) groups excluding carboxylic acids is 1. The van der Waals surface area contributed by atoms with Gasteiger partial charge in [0.1, 0.15) is 6.10 Å². The number of hydrogen-bond donors (Lipinski definition) is 1. The van der Waals surface area contributed by atoms with Gasteiger partial charge in [-0.2, -0.15) is 0 Å². The molecule has 1 N–H and O–H groups in total. The lowest BCUT2D eigenvalue weighted by atomic mass is 10.2. The van der Waals surface area contributed by atoms with Gasteiger partial charge in [0.05, 0.1) is 0 Å². The van der Waals surface area contributed by atoms with E-state index in [4.69, 9.17) is 4.74 Å². The Labute approximate surface area is 102 Å². The Morgan fingerprint density at radius 3 is 3.07 bits per heavy atom. The van der Waals surface area contributed by atoms with E-state index in [-0.39, 0.29) is 12.0 Å². The van der Waals surface area contributed by atoms with Crippen LogP contribution < -0.4 is 5.32 Å². The Kier molecular flexibility index (Phi) is 3.58. The van der Waals surface area contributed by atoms with Gasteiger partial charge in [-0.05, 0) is 53.6 Å². The number of hydrogen-bond acceptors (Lipinski definition) is 2. The molecule has 0 spiro atoms. The third-order valence-electron chi connectivity index (χ3n) is 2.31. The lowest BCUT2D eigenvalue weighted by molar-refractivity contribution is -0.124. The third-order valence-corrected chi connectivity index (χ3v) is 2.99. The summed E-state index contributed by atoms with van der Waals surface area (Å²) in [6.45, 7) is 0.699. The van der Waals surface area contributed by atoms with Crippen LogP contribution >= 0.6 is 22.6 Å². The van der Waals surface area contributed by atoms with Crippen LogP contribution in [-0.4, -0.2) is 18.6 Å². The quantitative estimate of drug-likeness (QED) is 0.851. The van der Waals surface area contributed by atoms with Crippen LogP contribution in [0.25, 0.3) is 0 Å². The topological polar surface area (TPSA) is 38.3 Å². The summed E-state index contributed by atoms with van der Waals surface area (Å²) in [5, 5.41) is 2.86. The van der Waals surface area contributed by atoms with Gasteiger partial charge in [-0.1, -0.05) is 6.07 Å². The zero-order chi connectivity index (χ0) is 10.7. The third kappa shape index (κ3) is 2.92. The number of halogens is 1. The van der Waals surface area contributed by atoms with Crippen molar-refractivity contribution in [1.82, 2.24) is 0 Å². The van der Waals surface area contributed by atoms with Crippen LogP contribution in [0.5, 0.6) is 0 Å². The van der Waals surface area contributed by atoms with Gasteiger partial charge in [0.2, 0.25) is 0 Å². The maximum absolute atomic E-state index is 11.7. The van der Waals surface area contributed by atoms with Crippen LogP contribution in [0.4, 0.5) is 5.69 Å². The Morgan fingerprint density at radius 1 is 1.53 bits per heavy atom. The van der Waals surface area contributed by atoms with Crippen molar-refractivity contribution in [2.24, 2.45) is 0 Å². The number of carbonyl (C=O) groups is 1. The van der Waals surface area contributed by atoms with Crippen molar-refractivity contribution in [3.05, 3.63) is 27.8 Å². The van der Waals surface area contributed by atoms with Crippen LogP contribution in [0.15, 0.2) is 24.3 Å². The van der Waals surface area contributed by atoms with Crippen LogP contribution in [0.1, 0.15) is 12.8 Å². The Morgan fingerprint density at radius 2 is 2.40 bits per heavy atom. The number of amides is 1. The van der Waals surface area contributed by atoms with E-state index < -0.39 is 0 Å². The molecule has 1 aromatic rings. The van der Waals surface area contributed by atoms with Crippen LogP contribution in [-0.2, 0) is 9.53 Å². The smallest absolute Gasteiger partial charge is 0.253 e. The van der Waals surface area contributed by atoms with Crippen molar-refractivity contribution < 1.29 is 9.53 Å². The Balaban J connectivity index is 1.99. The summed E-state index contributed by atoms with van der Waals surface area (Å²) >= 11 is 2.22. The van der Waals surface area contributed by atoms with Crippen LogP contribution in [0, 0.1) is 3.57 Å². The first kappa shape index (κ1) is 10.9. The molecule has 0 unspecified atom stereocenters. The second kappa shape index (κ2) is 4.94. The van der Waals surface area contributed by atoms with Gasteiger partial charge < -0.3 is 10.1 Å². The maximum atomic E-state index is 11.7. The van der Waals surface area contributed by atoms with Gasteiger partial charge >= 0.3 is 0 Å². The number of nitrogens with one attached hydrogen (secondary N) is 1. The summed E-state index contributed by atoms with van der Waals surface area (Å²) < 4.78 is 6.41. The summed E-state index contributed by atoms with van der Waals surface area (Å²) in [6.07, 6.45) is 1.54. The zero-order valence-corrected chi connectivity index (χ0v) is 10.4. The lowest BCUT2D eigenvalue weighted by Gasteiger charge is -2.10. The van der Waals surface area contributed by atoms with Gasteiger partial charge in [0, 0.05) is 15.9 Å². The van der Waals surface area contributed by atoms with Crippen molar-refractivity contribution in [3.63, 3.8) is 0 Å². The molecule has 80 valence electrons. The minimum atomic E-state index is -0.261. The maximum Gasteiger partial charge on any atom is 0.253 e. The lowest BCUT2D eigenvalue weighted by Crippen LogP contribution is -2.26. The summed E-state index contributed by atoms with van der Waals surface area (Å²) in [4.78, 5) is 11.7. The Bertz CT molecular complexity index is 361. The molecule has 0 radical (unpaired) electrons. The van der Waals surface area contributed by atoms with E-state index in [1.165, 1.54) is 0 Å². The number of ether oxygens (including phenoxy) is 1. The fourth-order valence-electron chi connectivity index (χ4n) is 1.57. The van der Waals surface area contributed by atoms with Gasteiger partial charge in [-0.25, -0.2) is 0 Å². The van der Waals surface area contributed by atoms with Crippen molar-refractivity contribution >= 4 is 34.2 Å². The fraction of sp³-hybridized carbons (Fsp3) is 0.364. The molecule has 4 heteroatoms. The minimum Gasteiger partial charge on any atom is -0.368 e. The van der Waals surface area contributed by atoms with E-state index in [1.807, 2.05) is 24.3 Å². The number of anilines is 1. The van der Waals surface area contributed by atoms with E-state index in [2.05, 4.69) is 27.9 Å². The van der Waals surface area contributed by atoms with E-state index in [1.54, 1.807) is 0 Å². The molecule has 1 saturated heterocycles. The first-order valence-corrected chi connectivity index (χ1v) is 6.01. The summed E-state index contributed by atoms with van der Waals surface area (Å²) in [5.74, 6) is -0.0329. The predicted octanol–water partition coefficient (Wildman–Crippen LogP) is 2.41. The standard InChI is InChI=1S/C11H12INO2/c12-8-3-1-4-9(7-8)13-11(14)10-5-2-6-15-10/h1,3-4,7,10H,2,5-6H2,(H,13,14)/t10-/m0/s1. The molecule has 0 aliphatic carbocycles. The molecule has 1 fully saturated rings. The van der Waals surface area contributed by atoms with Gasteiger partial charge in [-0.15, -0.1) is 0 Å². The Hall–Kier alpha value is -0.620. The second-order valence-electron chi connectivity index (χ2n) is 3.50. The van der Waals surface area contributed by atoms with E-state index >= 15 is 0 Å². The molecule has 15 heavy (non-hydrogen) atoms. The van der Waals surface area contributed by atoms with Gasteiger partial charge in [0.25, 0.3) is 5.91 Å². The summed E-state index contributed by atoms with van der Waals surface area (Å²) in [6, 6.07) is 7.73. The first-order chi connectivity index (χ1) is 7.25. The highest BCUT2D eigenvalue weighted by molar-refractivity contribution is 14.1. The molecule has 1 aliphatic rings. The molecule has 0 bridgehead atoms. The zero-order valence-electron chi connectivity index (χ0n) is 8.20. The van der Waals surface area contributed by atoms with Crippen molar-refractivity contribution in [1.29, 1.82) is 0 Å². The molecule has 1 atom stereocenters. The summed E-state index contributed by atoms with van der Waals surface area (Å²) in [7, 11) is 0. The number of rotatable bonds is 2. The molecule has 1 amide bonds. The molecule has 3 nitrogen and oxygen atoms in total. The molecule has 1 aliphatic heterocycles. The first-order valence-electron chi connectivity index (χ1n) is 4.94. The molecule has 1 heterocycles. The highest BCUT2D eigenvalue weighted by atomic mass is 127.